The smallest absolute Gasteiger partial charge is 0.257 e. The average molecular weight is 441 g/mol. The number of nitriles is 1. The molecular formula is C26H28N6O. The number of aromatic hydroxyl groups is 1. The van der Waals surface area contributed by atoms with Crippen LogP contribution in [0.3, 0.4) is 0 Å². The van der Waals surface area contributed by atoms with E-state index < -0.39 is 0 Å². The molecule has 0 radical (unpaired) electrons. The summed E-state index contributed by atoms with van der Waals surface area (Å²) >= 11 is 0. The lowest BCUT2D eigenvalue weighted by atomic mass is 9.97. The van der Waals surface area contributed by atoms with Gasteiger partial charge in [0.1, 0.15) is 0 Å². The highest BCUT2D eigenvalue weighted by atomic mass is 16.3. The molecule has 0 bridgehead atoms. The van der Waals surface area contributed by atoms with Crippen LogP contribution in [-0.4, -0.2) is 37.8 Å². The summed E-state index contributed by atoms with van der Waals surface area (Å²) in [5, 5.41) is 25.0. The second-order valence-electron chi connectivity index (χ2n) is 7.94. The Bertz CT molecular complexity index is 1300. The second kappa shape index (κ2) is 9.70. The predicted molar refractivity (Wildman–Crippen MR) is 129 cm³/mol. The van der Waals surface area contributed by atoms with Crippen LogP contribution in [0, 0.1) is 11.3 Å². The molecule has 4 rings (SSSR count). The fourth-order valence-electron chi connectivity index (χ4n) is 4.06. The third-order valence-corrected chi connectivity index (χ3v) is 5.86. The molecule has 0 atom stereocenters. The zero-order valence-corrected chi connectivity index (χ0v) is 19.3. The van der Waals surface area contributed by atoms with Crippen LogP contribution >= 0.6 is 0 Å². The van der Waals surface area contributed by atoms with E-state index in [0.29, 0.717) is 23.7 Å². The van der Waals surface area contributed by atoms with Crippen molar-refractivity contribution in [1.82, 2.24) is 19.6 Å². The van der Waals surface area contributed by atoms with Crippen LogP contribution in [0.2, 0.25) is 0 Å². The van der Waals surface area contributed by atoms with Crippen molar-refractivity contribution in [2.75, 3.05) is 18.0 Å². The van der Waals surface area contributed by atoms with Crippen molar-refractivity contribution in [3.8, 4) is 23.1 Å². The minimum absolute atomic E-state index is 0.0910. The topological polar surface area (TPSA) is 90.3 Å². The number of aromatic nitrogens is 4. The van der Waals surface area contributed by atoms with Gasteiger partial charge in [-0.1, -0.05) is 55.8 Å². The van der Waals surface area contributed by atoms with E-state index in [-0.39, 0.29) is 5.88 Å². The highest BCUT2D eigenvalue weighted by molar-refractivity contribution is 5.70. The molecule has 0 saturated carbocycles. The van der Waals surface area contributed by atoms with Crippen LogP contribution in [-0.2, 0) is 12.8 Å². The lowest BCUT2D eigenvalue weighted by molar-refractivity contribution is 0.427. The van der Waals surface area contributed by atoms with Gasteiger partial charge in [-0.3, -0.25) is 0 Å². The van der Waals surface area contributed by atoms with Crippen molar-refractivity contribution >= 4 is 11.7 Å². The maximum atomic E-state index is 11.1. The normalized spacial score (nSPS) is 11.0. The molecule has 4 aromatic rings. The van der Waals surface area contributed by atoms with Crippen molar-refractivity contribution in [2.45, 2.75) is 40.0 Å². The van der Waals surface area contributed by atoms with Crippen LogP contribution < -0.4 is 4.90 Å². The number of hydrogen-bond donors (Lipinski definition) is 1. The largest absolute Gasteiger partial charge is 0.493 e. The monoisotopic (exact) mass is 440 g/mol. The van der Waals surface area contributed by atoms with Crippen LogP contribution in [0.5, 0.6) is 5.88 Å². The summed E-state index contributed by atoms with van der Waals surface area (Å²) in [5.74, 6) is 1.08. The summed E-state index contributed by atoms with van der Waals surface area (Å²) in [7, 11) is 0. The highest BCUT2D eigenvalue weighted by Crippen LogP contribution is 2.28. The number of fused-ring (bicyclic) bond motifs is 1. The molecule has 2 heterocycles. The Labute approximate surface area is 194 Å². The second-order valence-corrected chi connectivity index (χ2v) is 7.94. The zero-order chi connectivity index (χ0) is 23.4. The van der Waals surface area contributed by atoms with E-state index in [9.17, 15) is 10.4 Å². The van der Waals surface area contributed by atoms with Crippen molar-refractivity contribution in [2.24, 2.45) is 0 Å². The van der Waals surface area contributed by atoms with Gasteiger partial charge in [0.05, 0.1) is 17.3 Å². The Morgan fingerprint density at radius 2 is 1.73 bits per heavy atom. The van der Waals surface area contributed by atoms with Crippen molar-refractivity contribution < 1.29 is 5.11 Å². The third-order valence-electron chi connectivity index (χ3n) is 5.86. The van der Waals surface area contributed by atoms with Crippen LogP contribution in [0.1, 0.15) is 49.6 Å². The molecule has 0 amide bonds. The average Bonchev–Trinajstić information content (AvgIpc) is 3.27. The number of nitrogens with zero attached hydrogens (tertiary/aromatic N) is 6. The van der Waals surface area contributed by atoms with Gasteiger partial charge in [-0.15, -0.1) is 5.10 Å². The molecule has 0 fully saturated rings. The van der Waals surface area contributed by atoms with Crippen molar-refractivity contribution in [1.29, 1.82) is 5.26 Å². The highest BCUT2D eigenvalue weighted by Gasteiger charge is 2.19. The Morgan fingerprint density at radius 3 is 2.39 bits per heavy atom. The van der Waals surface area contributed by atoms with Crippen LogP contribution in [0.4, 0.5) is 5.95 Å². The van der Waals surface area contributed by atoms with E-state index in [0.717, 1.165) is 53.9 Å². The van der Waals surface area contributed by atoms with E-state index >= 15 is 0 Å². The number of anilines is 1. The van der Waals surface area contributed by atoms with Crippen molar-refractivity contribution in [3.05, 3.63) is 70.9 Å². The van der Waals surface area contributed by atoms with Crippen LogP contribution in [0.15, 0.2) is 48.5 Å². The van der Waals surface area contributed by atoms with Gasteiger partial charge in [-0.25, -0.2) is 4.98 Å². The van der Waals surface area contributed by atoms with Gasteiger partial charge in [0.2, 0.25) is 11.8 Å². The lowest BCUT2D eigenvalue weighted by Crippen LogP contribution is -2.23. The molecule has 7 heteroatoms. The Hall–Kier alpha value is -3.92. The summed E-state index contributed by atoms with van der Waals surface area (Å²) in [6.45, 7) is 7.76. The molecule has 33 heavy (non-hydrogen) atoms. The first-order valence-electron chi connectivity index (χ1n) is 11.4. The van der Waals surface area contributed by atoms with E-state index in [1.807, 2.05) is 53.4 Å². The molecule has 0 aliphatic rings. The van der Waals surface area contributed by atoms with E-state index in [1.54, 1.807) is 0 Å². The molecule has 1 N–H and O–H groups in total. The van der Waals surface area contributed by atoms with Crippen molar-refractivity contribution in [3.63, 3.8) is 0 Å². The first-order chi connectivity index (χ1) is 16.1. The van der Waals surface area contributed by atoms with Gasteiger partial charge < -0.3 is 10.0 Å². The SMILES string of the molecule is CCCc1nc2nc(N(CC)CC)nn2c(O)c1Cc1ccc(-c2ccccc2C#N)cc1. The van der Waals surface area contributed by atoms with Crippen LogP contribution in [0.25, 0.3) is 16.9 Å². The van der Waals surface area contributed by atoms with Gasteiger partial charge in [0.15, 0.2) is 0 Å². The minimum atomic E-state index is 0.0910. The quantitative estimate of drug-likeness (QED) is 0.425. The summed E-state index contributed by atoms with van der Waals surface area (Å²) in [6.07, 6.45) is 2.20. The van der Waals surface area contributed by atoms with E-state index in [1.165, 1.54) is 4.52 Å². The molecule has 0 aliphatic carbocycles. The Kier molecular flexibility index (Phi) is 6.55. The first kappa shape index (κ1) is 22.3. The molecule has 0 aliphatic heterocycles. The molecule has 2 aromatic carbocycles. The van der Waals surface area contributed by atoms with Gasteiger partial charge >= 0.3 is 0 Å². The number of benzene rings is 2. The molecular weight excluding hydrogens is 412 g/mol. The number of rotatable bonds is 8. The molecule has 7 nitrogen and oxygen atoms in total. The Balaban J connectivity index is 1.71. The zero-order valence-electron chi connectivity index (χ0n) is 19.3. The number of hydrogen-bond acceptors (Lipinski definition) is 6. The first-order valence-corrected chi connectivity index (χ1v) is 11.4. The lowest BCUT2D eigenvalue weighted by Gasteiger charge is -2.14. The summed E-state index contributed by atoms with van der Waals surface area (Å²) in [6, 6.07) is 17.9. The maximum absolute atomic E-state index is 11.1. The minimum Gasteiger partial charge on any atom is -0.493 e. The van der Waals surface area contributed by atoms with Gasteiger partial charge in [-0.2, -0.15) is 14.8 Å². The molecule has 0 saturated heterocycles. The van der Waals surface area contributed by atoms with E-state index in [4.69, 9.17) is 4.98 Å². The molecule has 168 valence electrons. The number of aryl methyl sites for hydroxylation is 1. The molecule has 2 aromatic heterocycles. The third kappa shape index (κ3) is 4.37. The van der Waals surface area contributed by atoms with Gasteiger partial charge in [0, 0.05) is 25.1 Å². The van der Waals surface area contributed by atoms with E-state index in [2.05, 4.69) is 36.9 Å². The predicted octanol–water partition coefficient (Wildman–Crippen LogP) is 4.76. The maximum Gasteiger partial charge on any atom is 0.257 e. The standard InChI is InChI=1S/C26H28N6O/c1-4-9-23-22(24(33)32-25(28-23)29-26(30-32)31(5-2)6-3)16-18-12-14-19(15-13-18)21-11-8-7-10-20(21)17-27/h7-8,10-15,33H,4-6,9,16H2,1-3H3. The fourth-order valence-corrected chi connectivity index (χ4v) is 4.06. The summed E-state index contributed by atoms with van der Waals surface area (Å²) < 4.78 is 1.44. The Morgan fingerprint density at radius 1 is 1.00 bits per heavy atom. The van der Waals surface area contributed by atoms with Gasteiger partial charge in [-0.05, 0) is 43.0 Å². The fraction of sp³-hybridized carbons (Fsp3) is 0.308. The summed E-state index contributed by atoms with van der Waals surface area (Å²) in [4.78, 5) is 11.3. The molecule has 0 spiro atoms. The summed E-state index contributed by atoms with van der Waals surface area (Å²) in [5.41, 5.74) is 5.22. The van der Waals surface area contributed by atoms with Gasteiger partial charge in [0.25, 0.3) is 5.78 Å². The molecule has 0 unspecified atom stereocenters.